The summed E-state index contributed by atoms with van der Waals surface area (Å²) in [7, 11) is -3.50. The van der Waals surface area contributed by atoms with Gasteiger partial charge in [-0.05, 0) is 36.9 Å². The summed E-state index contributed by atoms with van der Waals surface area (Å²) in [4.78, 5) is 0. The van der Waals surface area contributed by atoms with Gasteiger partial charge in [-0.25, -0.2) is 13.1 Å². The zero-order valence-corrected chi connectivity index (χ0v) is 10.7. The molecule has 1 aromatic rings. The van der Waals surface area contributed by atoms with Crippen molar-refractivity contribution < 1.29 is 12.8 Å². The molecule has 96 valence electrons. The van der Waals surface area contributed by atoms with Crippen molar-refractivity contribution in [1.29, 1.82) is 0 Å². The Morgan fingerprint density at radius 1 is 1.59 bits per heavy atom. The number of piperidine rings is 1. The van der Waals surface area contributed by atoms with Gasteiger partial charge < -0.3 is 9.73 Å². The molecule has 0 saturated carbocycles. The first kappa shape index (κ1) is 12.6. The molecule has 0 spiro atoms. The average molecular weight is 258 g/mol. The molecule has 0 aliphatic carbocycles. The third-order valence-electron chi connectivity index (χ3n) is 3.13. The van der Waals surface area contributed by atoms with E-state index in [1.165, 1.54) is 12.3 Å². The summed E-state index contributed by atoms with van der Waals surface area (Å²) in [6.07, 6.45) is 3.47. The molecule has 2 heterocycles. The molecule has 1 saturated heterocycles. The molecular formula is C11H18N2O3S. The first-order chi connectivity index (χ1) is 8.02. The minimum absolute atomic E-state index is 0.0160. The monoisotopic (exact) mass is 258 g/mol. The van der Waals surface area contributed by atoms with E-state index in [-0.39, 0.29) is 10.5 Å². The van der Waals surface area contributed by atoms with Gasteiger partial charge in [-0.3, -0.25) is 0 Å². The highest BCUT2D eigenvalue weighted by molar-refractivity contribution is 7.89. The Labute approximate surface area is 102 Å². The zero-order chi connectivity index (χ0) is 12.4. The lowest BCUT2D eigenvalue weighted by molar-refractivity contribution is 0.238. The molecule has 6 heteroatoms. The summed E-state index contributed by atoms with van der Waals surface area (Å²) < 4.78 is 31.2. The predicted octanol–water partition coefficient (Wildman–Crippen LogP) is 0.948. The second-order valence-electron chi connectivity index (χ2n) is 4.85. The van der Waals surface area contributed by atoms with E-state index in [9.17, 15) is 8.42 Å². The van der Waals surface area contributed by atoms with E-state index in [2.05, 4.69) is 17.0 Å². The first-order valence-corrected chi connectivity index (χ1v) is 7.24. The van der Waals surface area contributed by atoms with Gasteiger partial charge in [0.25, 0.3) is 10.0 Å². The number of hydrogen-bond acceptors (Lipinski definition) is 4. The van der Waals surface area contributed by atoms with Crippen LogP contribution in [0.15, 0.2) is 27.9 Å². The van der Waals surface area contributed by atoms with Crippen molar-refractivity contribution in [3.05, 3.63) is 18.4 Å². The van der Waals surface area contributed by atoms with Gasteiger partial charge in [0.2, 0.25) is 5.09 Å². The summed E-state index contributed by atoms with van der Waals surface area (Å²) in [6.45, 7) is 4.38. The topological polar surface area (TPSA) is 71.3 Å². The number of nitrogens with one attached hydrogen (secondary N) is 2. The van der Waals surface area contributed by atoms with Gasteiger partial charge in [0.1, 0.15) is 0 Å². The number of hydrogen-bond donors (Lipinski definition) is 2. The van der Waals surface area contributed by atoms with Gasteiger partial charge in [-0.15, -0.1) is 0 Å². The molecule has 0 radical (unpaired) electrons. The lowest BCUT2D eigenvalue weighted by atomic mass is 9.83. The lowest BCUT2D eigenvalue weighted by Crippen LogP contribution is -2.45. The second kappa shape index (κ2) is 4.80. The van der Waals surface area contributed by atoms with Crippen LogP contribution in [0.4, 0.5) is 0 Å². The van der Waals surface area contributed by atoms with Gasteiger partial charge >= 0.3 is 0 Å². The highest BCUT2D eigenvalue weighted by atomic mass is 32.2. The van der Waals surface area contributed by atoms with Crippen LogP contribution in [0.25, 0.3) is 0 Å². The largest absolute Gasteiger partial charge is 0.452 e. The van der Waals surface area contributed by atoms with Crippen molar-refractivity contribution in [3.8, 4) is 0 Å². The average Bonchev–Trinajstić information content (AvgIpc) is 2.82. The molecule has 2 N–H and O–H groups in total. The first-order valence-electron chi connectivity index (χ1n) is 5.76. The standard InChI is InChI=1S/C11H18N2O3S/c1-11(5-3-6-12-8-11)9-13-17(14,15)10-4-2-7-16-10/h2,4,7,12-13H,3,5-6,8-9H2,1H3. The summed E-state index contributed by atoms with van der Waals surface area (Å²) in [5, 5.41) is 3.26. The normalized spacial score (nSPS) is 25.9. The molecule has 1 atom stereocenters. The van der Waals surface area contributed by atoms with E-state index >= 15 is 0 Å². The minimum atomic E-state index is -3.50. The Bertz CT molecular complexity index is 447. The summed E-state index contributed by atoms with van der Waals surface area (Å²) in [5.74, 6) is 0. The van der Waals surface area contributed by atoms with Crippen LogP contribution in [0.5, 0.6) is 0 Å². The fourth-order valence-corrected chi connectivity index (χ4v) is 3.15. The van der Waals surface area contributed by atoms with Crippen LogP contribution < -0.4 is 10.0 Å². The minimum Gasteiger partial charge on any atom is -0.452 e. The highest BCUT2D eigenvalue weighted by Crippen LogP contribution is 2.24. The van der Waals surface area contributed by atoms with Crippen LogP contribution in [0, 0.1) is 5.41 Å². The molecule has 0 aromatic carbocycles. The van der Waals surface area contributed by atoms with Crippen LogP contribution in [-0.4, -0.2) is 28.1 Å². The quantitative estimate of drug-likeness (QED) is 0.843. The smallest absolute Gasteiger partial charge is 0.273 e. The van der Waals surface area contributed by atoms with Crippen molar-refractivity contribution in [1.82, 2.24) is 10.0 Å². The fourth-order valence-electron chi connectivity index (χ4n) is 2.03. The Balaban J connectivity index is 1.98. The van der Waals surface area contributed by atoms with Crippen LogP contribution in [0.3, 0.4) is 0 Å². The molecule has 1 unspecified atom stereocenters. The molecule has 0 amide bonds. The van der Waals surface area contributed by atoms with Gasteiger partial charge in [0, 0.05) is 13.1 Å². The maximum Gasteiger partial charge on any atom is 0.273 e. The van der Waals surface area contributed by atoms with E-state index in [4.69, 9.17) is 4.42 Å². The van der Waals surface area contributed by atoms with Crippen LogP contribution in [0.1, 0.15) is 19.8 Å². The van der Waals surface area contributed by atoms with Gasteiger partial charge in [-0.2, -0.15) is 0 Å². The van der Waals surface area contributed by atoms with Crippen LogP contribution in [-0.2, 0) is 10.0 Å². The van der Waals surface area contributed by atoms with E-state index < -0.39 is 10.0 Å². The zero-order valence-electron chi connectivity index (χ0n) is 9.90. The predicted molar refractivity (Wildman–Crippen MR) is 64.1 cm³/mol. The lowest BCUT2D eigenvalue weighted by Gasteiger charge is -2.33. The maximum atomic E-state index is 11.9. The molecule has 1 aromatic heterocycles. The van der Waals surface area contributed by atoms with Crippen molar-refractivity contribution in [3.63, 3.8) is 0 Å². The molecule has 5 nitrogen and oxygen atoms in total. The Hall–Kier alpha value is -0.850. The number of furan rings is 1. The van der Waals surface area contributed by atoms with E-state index in [1.807, 2.05) is 0 Å². The van der Waals surface area contributed by atoms with Gasteiger partial charge in [0.15, 0.2) is 0 Å². The van der Waals surface area contributed by atoms with Crippen molar-refractivity contribution in [2.45, 2.75) is 24.9 Å². The van der Waals surface area contributed by atoms with Crippen molar-refractivity contribution >= 4 is 10.0 Å². The van der Waals surface area contributed by atoms with E-state index in [1.54, 1.807) is 6.07 Å². The molecular weight excluding hydrogens is 240 g/mol. The number of sulfonamides is 1. The molecule has 1 fully saturated rings. The molecule has 0 bridgehead atoms. The van der Waals surface area contributed by atoms with Crippen molar-refractivity contribution in [2.24, 2.45) is 5.41 Å². The van der Waals surface area contributed by atoms with Crippen LogP contribution >= 0.6 is 0 Å². The number of rotatable bonds is 4. The molecule has 1 aliphatic heterocycles. The highest BCUT2D eigenvalue weighted by Gasteiger charge is 2.29. The van der Waals surface area contributed by atoms with Crippen molar-refractivity contribution in [2.75, 3.05) is 19.6 Å². The van der Waals surface area contributed by atoms with Crippen LogP contribution in [0.2, 0.25) is 0 Å². The summed E-state index contributed by atoms with van der Waals surface area (Å²) >= 11 is 0. The molecule has 17 heavy (non-hydrogen) atoms. The Kier molecular flexibility index (Phi) is 3.56. The maximum absolute atomic E-state index is 11.9. The van der Waals surface area contributed by atoms with E-state index in [0.29, 0.717) is 6.54 Å². The molecule has 2 rings (SSSR count). The van der Waals surface area contributed by atoms with Gasteiger partial charge in [0.05, 0.1) is 6.26 Å². The third-order valence-corrected chi connectivity index (χ3v) is 4.42. The fraction of sp³-hybridized carbons (Fsp3) is 0.636. The Morgan fingerprint density at radius 3 is 3.00 bits per heavy atom. The van der Waals surface area contributed by atoms with Gasteiger partial charge in [-0.1, -0.05) is 6.92 Å². The summed E-state index contributed by atoms with van der Waals surface area (Å²) in [6, 6.07) is 3.02. The summed E-state index contributed by atoms with van der Waals surface area (Å²) in [5.41, 5.74) is -0.0160. The second-order valence-corrected chi connectivity index (χ2v) is 6.55. The third kappa shape index (κ3) is 3.08. The molecule has 1 aliphatic rings. The Morgan fingerprint density at radius 2 is 2.41 bits per heavy atom. The van der Waals surface area contributed by atoms with E-state index in [0.717, 1.165) is 25.9 Å². The SMILES string of the molecule is CC1(CNS(=O)(=O)c2ccco2)CCCNC1.